The molecule has 0 bridgehead atoms. The van der Waals surface area contributed by atoms with Crippen LogP contribution in [0.15, 0.2) is 54.7 Å². The van der Waals surface area contributed by atoms with Gasteiger partial charge in [-0.3, -0.25) is 0 Å². The number of hydrogen-bond acceptors (Lipinski definition) is 4. The molecular formula is C20H15ClN2O4. The van der Waals surface area contributed by atoms with Crippen molar-refractivity contribution in [3.05, 3.63) is 65.4 Å². The van der Waals surface area contributed by atoms with Gasteiger partial charge in [-0.15, -0.1) is 0 Å². The van der Waals surface area contributed by atoms with Crippen molar-refractivity contribution >= 4 is 39.5 Å². The molecule has 4 aromatic rings. The zero-order valence-corrected chi connectivity index (χ0v) is 15.1. The summed E-state index contributed by atoms with van der Waals surface area (Å²) < 4.78 is 12.5. The average molecular weight is 383 g/mol. The maximum atomic E-state index is 11.9. The third-order valence-corrected chi connectivity index (χ3v) is 4.63. The first-order valence-electron chi connectivity index (χ1n) is 8.17. The topological polar surface area (TPSA) is 73.6 Å². The minimum atomic E-state index is -1.11. The zero-order chi connectivity index (χ0) is 19.0. The van der Waals surface area contributed by atoms with E-state index in [4.69, 9.17) is 21.1 Å². The Labute approximate surface area is 159 Å². The van der Waals surface area contributed by atoms with E-state index in [0.717, 1.165) is 5.56 Å². The van der Waals surface area contributed by atoms with Crippen molar-refractivity contribution in [2.75, 3.05) is 7.11 Å². The van der Waals surface area contributed by atoms with Gasteiger partial charge in [0.25, 0.3) is 0 Å². The van der Waals surface area contributed by atoms with Crippen LogP contribution in [0.25, 0.3) is 21.8 Å². The van der Waals surface area contributed by atoms with Crippen molar-refractivity contribution in [2.45, 2.75) is 6.61 Å². The summed E-state index contributed by atoms with van der Waals surface area (Å²) in [4.78, 5) is 15.9. The fourth-order valence-corrected chi connectivity index (χ4v) is 3.40. The summed E-state index contributed by atoms with van der Waals surface area (Å²) >= 11 is 6.24. The number of fused-ring (bicyclic) bond motifs is 3. The molecule has 0 aliphatic carbocycles. The predicted octanol–water partition coefficient (Wildman–Crippen LogP) is 4.96. The quantitative estimate of drug-likeness (QED) is 0.505. The molecule has 0 amide bonds. The number of pyridine rings is 1. The van der Waals surface area contributed by atoms with Gasteiger partial charge in [-0.25, -0.2) is 14.3 Å². The van der Waals surface area contributed by atoms with Crippen LogP contribution >= 0.6 is 11.6 Å². The molecule has 1 N–H and O–H groups in total. The highest BCUT2D eigenvalue weighted by Crippen LogP contribution is 2.39. The van der Waals surface area contributed by atoms with Crippen LogP contribution in [0.4, 0.5) is 4.79 Å². The number of carbonyl (C=O) groups is 1. The summed E-state index contributed by atoms with van der Waals surface area (Å²) in [7, 11) is 1.53. The van der Waals surface area contributed by atoms with Crippen molar-refractivity contribution in [1.29, 1.82) is 0 Å². The molecule has 0 spiro atoms. The van der Waals surface area contributed by atoms with Crippen LogP contribution < -0.4 is 9.47 Å². The number of benzene rings is 2. The van der Waals surface area contributed by atoms with Crippen LogP contribution in [-0.4, -0.2) is 27.9 Å². The fraction of sp³-hybridized carbons (Fsp3) is 0.100. The fourth-order valence-electron chi connectivity index (χ4n) is 3.14. The summed E-state index contributed by atoms with van der Waals surface area (Å²) in [6.45, 7) is 0.332. The van der Waals surface area contributed by atoms with Crippen LogP contribution in [0.2, 0.25) is 5.15 Å². The van der Waals surface area contributed by atoms with E-state index in [1.165, 1.54) is 17.9 Å². The van der Waals surface area contributed by atoms with Gasteiger partial charge in [-0.1, -0.05) is 41.9 Å². The molecule has 2 aromatic carbocycles. The molecule has 0 fully saturated rings. The number of aromatic nitrogens is 2. The van der Waals surface area contributed by atoms with E-state index in [2.05, 4.69) is 4.98 Å². The molecule has 136 valence electrons. The van der Waals surface area contributed by atoms with Gasteiger partial charge >= 0.3 is 6.09 Å². The first-order valence-corrected chi connectivity index (χ1v) is 8.54. The van der Waals surface area contributed by atoms with Crippen LogP contribution in [0.1, 0.15) is 5.56 Å². The number of carboxylic acid groups (broad SMARTS) is 1. The number of methoxy groups -OCH3 is 1. The van der Waals surface area contributed by atoms with E-state index < -0.39 is 6.09 Å². The molecule has 0 saturated carbocycles. The van der Waals surface area contributed by atoms with E-state index in [1.807, 2.05) is 30.3 Å². The molecule has 0 unspecified atom stereocenters. The van der Waals surface area contributed by atoms with E-state index >= 15 is 0 Å². The largest absolute Gasteiger partial charge is 0.493 e. The van der Waals surface area contributed by atoms with Crippen molar-refractivity contribution < 1.29 is 19.4 Å². The van der Waals surface area contributed by atoms with Gasteiger partial charge in [-0.2, -0.15) is 0 Å². The number of halogens is 1. The molecule has 2 aromatic heterocycles. The smallest absolute Gasteiger partial charge is 0.416 e. The Morgan fingerprint density at radius 3 is 2.63 bits per heavy atom. The minimum Gasteiger partial charge on any atom is -0.493 e. The average Bonchev–Trinajstić information content (AvgIpc) is 3.01. The monoisotopic (exact) mass is 382 g/mol. The second-order valence-corrected chi connectivity index (χ2v) is 6.27. The SMILES string of the molecule is COc1cc2c3c(Cl)nccc3n(C(=O)O)c2cc1OCc1ccccc1. The third kappa shape index (κ3) is 2.94. The third-order valence-electron chi connectivity index (χ3n) is 4.34. The molecule has 0 aliphatic heterocycles. The lowest BCUT2D eigenvalue weighted by atomic mass is 10.1. The maximum Gasteiger partial charge on any atom is 0.416 e. The standard InChI is InChI=1S/C20H15ClN2O4/c1-26-16-9-13-15(10-17(16)27-11-12-5-3-2-4-6-12)23(20(24)25)14-7-8-22-19(21)18(13)14/h2-10H,11H2,1H3,(H,24,25). The summed E-state index contributed by atoms with van der Waals surface area (Å²) in [5.74, 6) is 0.936. The maximum absolute atomic E-state index is 11.9. The normalized spacial score (nSPS) is 11.0. The number of ether oxygens (including phenoxy) is 2. The molecule has 0 aliphatic rings. The van der Waals surface area contributed by atoms with Gasteiger partial charge in [0.05, 0.1) is 18.1 Å². The highest BCUT2D eigenvalue weighted by molar-refractivity contribution is 6.37. The lowest BCUT2D eigenvalue weighted by Gasteiger charge is -2.12. The van der Waals surface area contributed by atoms with E-state index in [9.17, 15) is 9.90 Å². The molecule has 27 heavy (non-hydrogen) atoms. The minimum absolute atomic E-state index is 0.234. The molecular weight excluding hydrogens is 368 g/mol. The highest BCUT2D eigenvalue weighted by Gasteiger charge is 2.20. The first-order chi connectivity index (χ1) is 13.1. The summed E-state index contributed by atoms with van der Waals surface area (Å²) in [6.07, 6.45) is 0.365. The van der Waals surface area contributed by atoms with Gasteiger partial charge < -0.3 is 14.6 Å². The summed E-state index contributed by atoms with van der Waals surface area (Å²) in [5.41, 5.74) is 1.90. The number of rotatable bonds is 4. The van der Waals surface area contributed by atoms with Crippen LogP contribution in [0, 0.1) is 0 Å². The molecule has 2 heterocycles. The molecule has 0 radical (unpaired) electrons. The van der Waals surface area contributed by atoms with Gasteiger partial charge in [-0.05, 0) is 17.7 Å². The zero-order valence-electron chi connectivity index (χ0n) is 14.3. The Bertz CT molecular complexity index is 1160. The van der Waals surface area contributed by atoms with Gasteiger partial charge in [0.15, 0.2) is 11.5 Å². The predicted molar refractivity (Wildman–Crippen MR) is 103 cm³/mol. The van der Waals surface area contributed by atoms with Gasteiger partial charge in [0.2, 0.25) is 0 Å². The van der Waals surface area contributed by atoms with Crippen molar-refractivity contribution in [3.63, 3.8) is 0 Å². The lowest BCUT2D eigenvalue weighted by Crippen LogP contribution is -2.07. The van der Waals surface area contributed by atoms with Crippen molar-refractivity contribution in [1.82, 2.24) is 9.55 Å². The lowest BCUT2D eigenvalue weighted by molar-refractivity contribution is 0.198. The Morgan fingerprint density at radius 2 is 1.93 bits per heavy atom. The van der Waals surface area contributed by atoms with E-state index in [1.54, 1.807) is 18.2 Å². The Morgan fingerprint density at radius 1 is 1.15 bits per heavy atom. The molecule has 6 nitrogen and oxygen atoms in total. The van der Waals surface area contributed by atoms with Crippen LogP contribution in [0.5, 0.6) is 11.5 Å². The van der Waals surface area contributed by atoms with E-state index in [-0.39, 0.29) is 5.15 Å². The van der Waals surface area contributed by atoms with Crippen LogP contribution in [-0.2, 0) is 6.61 Å². The molecule has 7 heteroatoms. The Hall–Kier alpha value is -3.25. The van der Waals surface area contributed by atoms with Gasteiger partial charge in [0, 0.05) is 23.0 Å². The number of hydrogen-bond donors (Lipinski definition) is 1. The molecule has 0 saturated heterocycles. The van der Waals surface area contributed by atoms with E-state index in [0.29, 0.717) is 39.9 Å². The molecule has 0 atom stereocenters. The molecule has 4 rings (SSSR count). The first kappa shape index (κ1) is 17.2. The second-order valence-electron chi connectivity index (χ2n) is 5.91. The Balaban J connectivity index is 1.90. The van der Waals surface area contributed by atoms with Crippen LogP contribution in [0.3, 0.4) is 0 Å². The Kier molecular flexibility index (Phi) is 4.33. The van der Waals surface area contributed by atoms with Crippen molar-refractivity contribution in [2.24, 2.45) is 0 Å². The number of nitrogens with zero attached hydrogens (tertiary/aromatic N) is 2. The summed E-state index contributed by atoms with van der Waals surface area (Å²) in [6, 6.07) is 14.7. The summed E-state index contributed by atoms with van der Waals surface area (Å²) in [5, 5.41) is 11.1. The second kappa shape index (κ2) is 6.81. The highest BCUT2D eigenvalue weighted by atomic mass is 35.5. The van der Waals surface area contributed by atoms with Gasteiger partial charge in [0.1, 0.15) is 11.8 Å². The van der Waals surface area contributed by atoms with Crippen molar-refractivity contribution in [3.8, 4) is 11.5 Å².